The molecule has 0 aliphatic heterocycles. The molecule has 100 valence electrons. The molecule has 1 N–H and O–H groups in total. The van der Waals surface area contributed by atoms with Crippen molar-refractivity contribution in [1.82, 2.24) is 0 Å². The Morgan fingerprint density at radius 2 is 2.05 bits per heavy atom. The minimum atomic E-state index is -0.507. The van der Waals surface area contributed by atoms with Crippen LogP contribution in [0.5, 0.6) is 5.75 Å². The number of rotatable bonds is 2. The van der Waals surface area contributed by atoms with Crippen LogP contribution in [0.3, 0.4) is 0 Å². The normalized spacial score (nSPS) is 10.8. The highest BCUT2D eigenvalue weighted by molar-refractivity contribution is 7.16. The van der Waals surface area contributed by atoms with E-state index in [9.17, 15) is 20.0 Å². The Morgan fingerprint density at radius 3 is 2.80 bits per heavy atom. The van der Waals surface area contributed by atoms with Gasteiger partial charge in [-0.3, -0.25) is 10.1 Å². The summed E-state index contributed by atoms with van der Waals surface area (Å²) in [5.74, 6) is -0.0314. The number of nitrogens with zero attached hydrogens (tertiary/aromatic N) is 1. The first kappa shape index (κ1) is 12.4. The molecule has 0 saturated heterocycles. The lowest BCUT2D eigenvalue weighted by molar-refractivity contribution is -0.384. The first-order valence-corrected chi connectivity index (χ1v) is 6.38. The smallest absolute Gasteiger partial charge is 0.396 e. The van der Waals surface area contributed by atoms with Gasteiger partial charge < -0.3 is 9.52 Å². The lowest BCUT2D eigenvalue weighted by atomic mass is 10.0. The van der Waals surface area contributed by atoms with Crippen molar-refractivity contribution in [2.75, 3.05) is 0 Å². The van der Waals surface area contributed by atoms with E-state index in [1.54, 1.807) is 6.07 Å². The quantitative estimate of drug-likeness (QED) is 0.577. The summed E-state index contributed by atoms with van der Waals surface area (Å²) in [5, 5.41) is 20.5. The summed E-state index contributed by atoms with van der Waals surface area (Å²) in [4.78, 5) is 21.1. The monoisotopic (exact) mass is 289 g/mol. The minimum Gasteiger partial charge on any atom is -0.508 e. The Kier molecular flexibility index (Phi) is 2.76. The van der Waals surface area contributed by atoms with Crippen LogP contribution in [-0.2, 0) is 0 Å². The lowest BCUT2D eigenvalue weighted by Crippen LogP contribution is -1.88. The molecule has 1 aromatic heterocycles. The van der Waals surface area contributed by atoms with Gasteiger partial charge in [0.1, 0.15) is 5.75 Å². The van der Waals surface area contributed by atoms with E-state index in [1.165, 1.54) is 30.3 Å². The largest absolute Gasteiger partial charge is 0.508 e. The predicted molar refractivity (Wildman–Crippen MR) is 74.1 cm³/mol. The Morgan fingerprint density at radius 1 is 1.25 bits per heavy atom. The van der Waals surface area contributed by atoms with Crippen LogP contribution in [0.1, 0.15) is 0 Å². The van der Waals surface area contributed by atoms with E-state index in [2.05, 4.69) is 0 Å². The van der Waals surface area contributed by atoms with Gasteiger partial charge in [0.15, 0.2) is 5.58 Å². The van der Waals surface area contributed by atoms with Gasteiger partial charge in [-0.1, -0.05) is 23.5 Å². The molecule has 7 heteroatoms. The zero-order valence-electron chi connectivity index (χ0n) is 9.90. The third kappa shape index (κ3) is 2.04. The van der Waals surface area contributed by atoms with E-state index in [0.717, 1.165) is 11.3 Å². The number of phenolic OH excluding ortho intramolecular Hbond substituents is 1. The lowest BCUT2D eigenvalue weighted by Gasteiger charge is -2.03. The van der Waals surface area contributed by atoms with Gasteiger partial charge in [-0.2, -0.15) is 0 Å². The zero-order chi connectivity index (χ0) is 14.3. The molecule has 3 aromatic rings. The molecular weight excluding hydrogens is 282 g/mol. The number of nitro benzene ring substituents is 1. The molecule has 0 atom stereocenters. The maximum absolute atomic E-state index is 11.3. The Hall–Kier alpha value is -2.67. The van der Waals surface area contributed by atoms with E-state index in [4.69, 9.17) is 4.42 Å². The molecule has 20 heavy (non-hydrogen) atoms. The molecule has 0 unspecified atom stereocenters. The highest BCUT2D eigenvalue weighted by Gasteiger charge is 2.14. The average molecular weight is 289 g/mol. The molecule has 2 aromatic carbocycles. The Labute approximate surface area is 115 Å². The number of benzene rings is 2. The van der Waals surface area contributed by atoms with Crippen LogP contribution in [0.2, 0.25) is 0 Å². The Balaban J connectivity index is 2.31. The summed E-state index contributed by atoms with van der Waals surface area (Å²) in [6.45, 7) is 0. The van der Waals surface area contributed by atoms with Crippen molar-refractivity contribution in [2.24, 2.45) is 0 Å². The molecule has 0 spiro atoms. The van der Waals surface area contributed by atoms with Crippen molar-refractivity contribution in [3.8, 4) is 16.9 Å². The molecule has 6 nitrogen and oxygen atoms in total. The second-order valence-electron chi connectivity index (χ2n) is 4.08. The maximum Gasteiger partial charge on any atom is 0.396 e. The molecule has 0 fully saturated rings. The number of non-ortho nitro benzene ring substituents is 1. The van der Waals surface area contributed by atoms with Gasteiger partial charge in [0.25, 0.3) is 5.69 Å². The summed E-state index contributed by atoms with van der Waals surface area (Å²) >= 11 is 0.870. The van der Waals surface area contributed by atoms with Crippen LogP contribution in [0.4, 0.5) is 5.69 Å². The third-order valence-electron chi connectivity index (χ3n) is 2.79. The summed E-state index contributed by atoms with van der Waals surface area (Å²) in [6.07, 6.45) is 0. The topological polar surface area (TPSA) is 93.6 Å². The summed E-state index contributed by atoms with van der Waals surface area (Å²) in [5.41, 5.74) is 1.19. The number of hydrogen-bond acceptors (Lipinski definition) is 6. The maximum atomic E-state index is 11.3. The first-order chi connectivity index (χ1) is 9.54. The number of fused-ring (bicyclic) bond motifs is 1. The molecule has 0 amide bonds. The fourth-order valence-electron chi connectivity index (χ4n) is 1.96. The first-order valence-electron chi connectivity index (χ1n) is 5.56. The van der Waals surface area contributed by atoms with Crippen LogP contribution < -0.4 is 4.94 Å². The van der Waals surface area contributed by atoms with Crippen molar-refractivity contribution < 1.29 is 14.4 Å². The van der Waals surface area contributed by atoms with E-state index in [0.29, 0.717) is 21.4 Å². The van der Waals surface area contributed by atoms with Crippen molar-refractivity contribution in [1.29, 1.82) is 0 Å². The Bertz CT molecular complexity index is 880. The molecule has 1 heterocycles. The van der Waals surface area contributed by atoms with Crippen LogP contribution in [0.25, 0.3) is 21.4 Å². The zero-order valence-corrected chi connectivity index (χ0v) is 10.7. The van der Waals surface area contributed by atoms with Gasteiger partial charge in [-0.15, -0.1) is 0 Å². The number of nitro groups is 1. The van der Waals surface area contributed by atoms with Gasteiger partial charge >= 0.3 is 4.94 Å². The second-order valence-corrected chi connectivity index (χ2v) is 5.06. The molecule has 0 aliphatic carbocycles. The minimum absolute atomic E-state index is 0.0314. The van der Waals surface area contributed by atoms with Gasteiger partial charge in [-0.05, 0) is 11.6 Å². The number of aromatic hydroxyl groups is 1. The SMILES string of the molecule is O=c1oc2c(-c3cccc([N+](=O)[O-])c3)cc(O)cc2s1. The van der Waals surface area contributed by atoms with Crippen molar-refractivity contribution in [3.05, 3.63) is 56.2 Å². The molecule has 0 radical (unpaired) electrons. The standard InChI is InChI=1S/C13H7NO5S/c15-9-5-10(12-11(6-9)20-13(16)19-12)7-2-1-3-8(4-7)14(17)18/h1-6,15H. The van der Waals surface area contributed by atoms with Crippen molar-refractivity contribution in [3.63, 3.8) is 0 Å². The fourth-order valence-corrected chi connectivity index (χ4v) is 2.69. The number of phenols is 1. The third-order valence-corrected chi connectivity index (χ3v) is 3.56. The van der Waals surface area contributed by atoms with E-state index in [-0.39, 0.29) is 11.4 Å². The second kappa shape index (κ2) is 4.46. The van der Waals surface area contributed by atoms with Crippen LogP contribution >= 0.6 is 11.3 Å². The van der Waals surface area contributed by atoms with Gasteiger partial charge in [-0.25, -0.2) is 4.79 Å². The summed E-state index contributed by atoms with van der Waals surface area (Å²) < 4.78 is 5.59. The van der Waals surface area contributed by atoms with Gasteiger partial charge in [0, 0.05) is 23.8 Å². The highest BCUT2D eigenvalue weighted by atomic mass is 32.1. The molecule has 0 saturated carbocycles. The van der Waals surface area contributed by atoms with Crippen molar-refractivity contribution >= 4 is 27.3 Å². The van der Waals surface area contributed by atoms with Crippen molar-refractivity contribution in [2.45, 2.75) is 0 Å². The van der Waals surface area contributed by atoms with Crippen LogP contribution in [0.15, 0.2) is 45.6 Å². The van der Waals surface area contributed by atoms with E-state index < -0.39 is 9.86 Å². The number of hydrogen-bond donors (Lipinski definition) is 1. The van der Waals surface area contributed by atoms with E-state index in [1.807, 2.05) is 0 Å². The summed E-state index contributed by atoms with van der Waals surface area (Å²) in [7, 11) is 0. The molecule has 0 aliphatic rings. The summed E-state index contributed by atoms with van der Waals surface area (Å²) in [6, 6.07) is 8.76. The van der Waals surface area contributed by atoms with Gasteiger partial charge in [0.05, 0.1) is 9.62 Å². The predicted octanol–water partition coefficient (Wildman–Crippen LogP) is 3.14. The average Bonchev–Trinajstić information content (AvgIpc) is 2.78. The molecule has 0 bridgehead atoms. The fraction of sp³-hybridized carbons (Fsp3) is 0. The van der Waals surface area contributed by atoms with Crippen LogP contribution in [-0.4, -0.2) is 10.0 Å². The highest BCUT2D eigenvalue weighted by Crippen LogP contribution is 2.35. The molecular formula is C13H7NO5S. The van der Waals surface area contributed by atoms with E-state index >= 15 is 0 Å². The van der Waals surface area contributed by atoms with Crippen LogP contribution in [0, 0.1) is 10.1 Å². The molecule has 3 rings (SSSR count). The van der Waals surface area contributed by atoms with Gasteiger partial charge in [0.2, 0.25) is 0 Å².